The van der Waals surface area contributed by atoms with E-state index < -0.39 is 11.8 Å². The molecule has 0 aromatic heterocycles. The number of anilines is 1. The van der Waals surface area contributed by atoms with Gasteiger partial charge in [0.15, 0.2) is 11.0 Å². The van der Waals surface area contributed by atoms with Gasteiger partial charge in [-0.15, -0.1) is 0 Å². The molecule has 0 aliphatic carbocycles. The lowest BCUT2D eigenvalue weighted by Gasteiger charge is -2.31. The molecule has 1 aliphatic rings. The third-order valence-corrected chi connectivity index (χ3v) is 4.82. The van der Waals surface area contributed by atoms with Crippen LogP contribution in [0.5, 0.6) is 0 Å². The molecule has 1 aromatic rings. The minimum atomic E-state index is -0.942. The number of aliphatic imine (C=N–C) groups is 1. The van der Waals surface area contributed by atoms with Crippen molar-refractivity contribution in [2.24, 2.45) is 10.9 Å². The van der Waals surface area contributed by atoms with Gasteiger partial charge >= 0.3 is 0 Å². The van der Waals surface area contributed by atoms with E-state index in [4.69, 9.17) is 12.2 Å². The summed E-state index contributed by atoms with van der Waals surface area (Å²) in [6, 6.07) is 7.46. The molecular weight excluding hydrogens is 348 g/mol. The van der Waals surface area contributed by atoms with Crippen LogP contribution in [0.1, 0.15) is 25.8 Å². The Morgan fingerprint density at radius 1 is 1.31 bits per heavy atom. The first-order valence-electron chi connectivity index (χ1n) is 9.06. The maximum Gasteiger partial charge on any atom is 0.251 e. The molecule has 1 aliphatic heterocycles. The van der Waals surface area contributed by atoms with Crippen molar-refractivity contribution < 1.29 is 14.5 Å². The molecule has 1 atom stereocenters. The third-order valence-electron chi connectivity index (χ3n) is 4.53. The molecule has 1 aromatic carbocycles. The maximum atomic E-state index is 12.8. The molecule has 2 rings (SSSR count). The fourth-order valence-corrected chi connectivity index (χ4v) is 3.23. The average molecular weight is 376 g/mol. The Morgan fingerprint density at radius 2 is 2.04 bits per heavy atom. The van der Waals surface area contributed by atoms with E-state index in [0.29, 0.717) is 12.2 Å². The zero-order chi connectivity index (χ0) is 19.1. The number of carbonyl (C=O) groups excluding carboxylic acids is 2. The minimum Gasteiger partial charge on any atom is -0.335 e. The molecule has 1 unspecified atom stereocenters. The zero-order valence-electron chi connectivity index (χ0n) is 15.6. The summed E-state index contributed by atoms with van der Waals surface area (Å²) in [5.41, 5.74) is 1.67. The highest BCUT2D eigenvalue weighted by atomic mass is 32.1. The summed E-state index contributed by atoms with van der Waals surface area (Å²) in [4.78, 5) is 32.2. The summed E-state index contributed by atoms with van der Waals surface area (Å²) < 4.78 is 0. The lowest BCUT2D eigenvalue weighted by atomic mass is 10.1. The summed E-state index contributed by atoms with van der Waals surface area (Å²) in [6.45, 7) is 10.1. The second-order valence-corrected chi connectivity index (χ2v) is 6.79. The standard InChI is InChI=1S/C19H26N4O2S/c1-4-22(5-2)11-7-10-20-13-16-17(24)21-19(26)23(18(16)25)15-9-6-8-14(3)12-15/h6,8-9,12-13,16H,4-5,7,10-11H2,1-3H3,(H,21,24,26)/p+1. The lowest BCUT2D eigenvalue weighted by molar-refractivity contribution is -0.896. The highest BCUT2D eigenvalue weighted by molar-refractivity contribution is 7.80. The molecule has 0 radical (unpaired) electrons. The van der Waals surface area contributed by atoms with Crippen molar-refractivity contribution in [2.45, 2.75) is 27.2 Å². The van der Waals surface area contributed by atoms with Crippen molar-refractivity contribution in [3.63, 3.8) is 0 Å². The smallest absolute Gasteiger partial charge is 0.251 e. The van der Waals surface area contributed by atoms with Gasteiger partial charge in [-0.3, -0.25) is 19.5 Å². The highest BCUT2D eigenvalue weighted by Crippen LogP contribution is 2.21. The normalized spacial score (nSPS) is 18.1. The second kappa shape index (κ2) is 9.54. The van der Waals surface area contributed by atoms with Gasteiger partial charge in [0, 0.05) is 19.2 Å². The molecule has 26 heavy (non-hydrogen) atoms. The number of nitrogens with zero attached hydrogens (tertiary/aromatic N) is 2. The summed E-state index contributed by atoms with van der Waals surface area (Å²) in [6.07, 6.45) is 2.38. The quantitative estimate of drug-likeness (QED) is 0.305. The van der Waals surface area contributed by atoms with E-state index in [1.165, 1.54) is 16.0 Å². The van der Waals surface area contributed by atoms with Crippen molar-refractivity contribution in [1.29, 1.82) is 0 Å². The summed E-state index contributed by atoms with van der Waals surface area (Å²) in [7, 11) is 0. The van der Waals surface area contributed by atoms with E-state index in [-0.39, 0.29) is 11.0 Å². The van der Waals surface area contributed by atoms with Gasteiger partial charge in [0.25, 0.3) is 5.91 Å². The Hall–Kier alpha value is -2.12. The number of rotatable bonds is 8. The van der Waals surface area contributed by atoms with E-state index >= 15 is 0 Å². The topological polar surface area (TPSA) is 66.2 Å². The van der Waals surface area contributed by atoms with Crippen LogP contribution >= 0.6 is 12.2 Å². The first-order chi connectivity index (χ1) is 12.5. The van der Waals surface area contributed by atoms with Gasteiger partial charge in [-0.25, -0.2) is 0 Å². The van der Waals surface area contributed by atoms with Crippen LogP contribution in [0.25, 0.3) is 0 Å². The van der Waals surface area contributed by atoms with Gasteiger partial charge in [0.1, 0.15) is 0 Å². The predicted octanol–water partition coefficient (Wildman–Crippen LogP) is 0.745. The van der Waals surface area contributed by atoms with Gasteiger partial charge in [-0.1, -0.05) is 12.1 Å². The summed E-state index contributed by atoms with van der Waals surface area (Å²) in [5.74, 6) is -1.72. The fraction of sp³-hybridized carbons (Fsp3) is 0.474. The number of hydrogen-bond donors (Lipinski definition) is 2. The van der Waals surface area contributed by atoms with Gasteiger partial charge in [-0.2, -0.15) is 0 Å². The number of aryl methyl sites for hydroxylation is 1. The van der Waals surface area contributed by atoms with E-state index in [0.717, 1.165) is 31.6 Å². The molecule has 140 valence electrons. The number of nitrogens with one attached hydrogen (secondary N) is 2. The van der Waals surface area contributed by atoms with E-state index in [1.807, 2.05) is 25.1 Å². The molecular formula is C19H27N4O2S+. The first kappa shape index (κ1) is 20.2. The second-order valence-electron chi connectivity index (χ2n) is 6.40. The first-order valence-corrected chi connectivity index (χ1v) is 9.47. The van der Waals surface area contributed by atoms with Gasteiger partial charge in [0.05, 0.1) is 25.3 Å². The zero-order valence-corrected chi connectivity index (χ0v) is 16.4. The monoisotopic (exact) mass is 375 g/mol. The largest absolute Gasteiger partial charge is 0.335 e. The molecule has 2 amide bonds. The summed E-state index contributed by atoms with van der Waals surface area (Å²) in [5, 5.41) is 2.72. The number of carbonyl (C=O) groups is 2. The Bertz CT molecular complexity index is 701. The van der Waals surface area contributed by atoms with Crippen molar-refractivity contribution in [3.05, 3.63) is 29.8 Å². The molecule has 6 nitrogen and oxygen atoms in total. The van der Waals surface area contributed by atoms with Crippen molar-refractivity contribution in [3.8, 4) is 0 Å². The Kier molecular flexibility index (Phi) is 7.41. The molecule has 1 saturated heterocycles. The molecule has 1 fully saturated rings. The van der Waals surface area contributed by atoms with Crippen LogP contribution in [0, 0.1) is 12.8 Å². The Balaban J connectivity index is 2.04. The van der Waals surface area contributed by atoms with Crippen LogP contribution in [-0.2, 0) is 9.59 Å². The Labute approximate surface area is 160 Å². The van der Waals surface area contributed by atoms with Crippen molar-refractivity contribution in [1.82, 2.24) is 5.32 Å². The molecule has 0 bridgehead atoms. The SMILES string of the molecule is CC[NH+](CC)CCCN=CC1C(=O)NC(=S)N(c2cccc(C)c2)C1=O. The number of amides is 2. The number of quaternary nitrogens is 1. The molecule has 0 spiro atoms. The average Bonchev–Trinajstić information content (AvgIpc) is 2.60. The van der Waals surface area contributed by atoms with Crippen molar-refractivity contribution >= 4 is 41.0 Å². The van der Waals surface area contributed by atoms with Crippen LogP contribution < -0.4 is 15.1 Å². The molecule has 0 saturated carbocycles. The molecule has 7 heteroatoms. The van der Waals surface area contributed by atoms with Crippen LogP contribution in [0.15, 0.2) is 29.3 Å². The van der Waals surface area contributed by atoms with E-state index in [1.54, 1.807) is 6.07 Å². The molecule has 1 heterocycles. The minimum absolute atomic E-state index is 0.111. The van der Waals surface area contributed by atoms with Gasteiger partial charge in [-0.05, 0) is 50.7 Å². The number of thiocarbonyl (C=S) groups is 1. The number of benzene rings is 1. The van der Waals surface area contributed by atoms with Crippen LogP contribution in [0.3, 0.4) is 0 Å². The third kappa shape index (κ3) is 4.95. The van der Waals surface area contributed by atoms with E-state index in [2.05, 4.69) is 24.2 Å². The maximum absolute atomic E-state index is 12.8. The van der Waals surface area contributed by atoms with Gasteiger partial charge in [0.2, 0.25) is 5.91 Å². The van der Waals surface area contributed by atoms with Crippen LogP contribution in [-0.4, -0.2) is 49.3 Å². The van der Waals surface area contributed by atoms with Gasteiger partial charge < -0.3 is 10.2 Å². The van der Waals surface area contributed by atoms with E-state index in [9.17, 15) is 9.59 Å². The predicted molar refractivity (Wildman–Crippen MR) is 108 cm³/mol. The number of hydrogen-bond acceptors (Lipinski definition) is 4. The highest BCUT2D eigenvalue weighted by Gasteiger charge is 2.38. The fourth-order valence-electron chi connectivity index (χ4n) is 2.94. The lowest BCUT2D eigenvalue weighted by Crippen LogP contribution is -3.11. The van der Waals surface area contributed by atoms with Crippen LogP contribution in [0.2, 0.25) is 0 Å². The Morgan fingerprint density at radius 3 is 2.69 bits per heavy atom. The van der Waals surface area contributed by atoms with Crippen LogP contribution in [0.4, 0.5) is 5.69 Å². The van der Waals surface area contributed by atoms with Crippen molar-refractivity contribution in [2.75, 3.05) is 31.1 Å². The summed E-state index contributed by atoms with van der Waals surface area (Å²) >= 11 is 5.19. The molecule has 2 N–H and O–H groups in total.